The molecular weight excluding hydrogens is 382 g/mol. The van der Waals surface area contributed by atoms with Crippen LogP contribution in [0.15, 0.2) is 66.7 Å². The third-order valence-electron chi connectivity index (χ3n) is 5.87. The summed E-state index contributed by atoms with van der Waals surface area (Å²) in [5, 5.41) is 1.14. The second-order valence-corrected chi connectivity index (χ2v) is 9.13. The molecule has 0 N–H and O–H groups in total. The Bertz CT molecular complexity index is 1390. The first kappa shape index (κ1) is 19.6. The fraction of sp³-hybridized carbons (Fsp3) is 0.259. The molecule has 0 saturated heterocycles. The number of rotatable bonds is 4. The number of hydrogen-bond donors (Lipinski definition) is 0. The van der Waals surface area contributed by atoms with E-state index in [0.29, 0.717) is 13.2 Å². The van der Waals surface area contributed by atoms with E-state index in [0.717, 1.165) is 33.3 Å². The number of ether oxygens (including phenoxy) is 1. The fourth-order valence-electron chi connectivity index (χ4n) is 4.20. The van der Waals surface area contributed by atoms with Crippen LogP contribution in [0.1, 0.15) is 31.9 Å². The number of aryl methyl sites for hydroxylation is 1. The molecule has 0 aliphatic rings. The van der Waals surface area contributed by atoms with E-state index in [9.17, 15) is 0 Å². The maximum Gasteiger partial charge on any atom is 0.160 e. The molecule has 2 heterocycles. The molecule has 0 atom stereocenters. The Hall–Kier alpha value is -3.40. The Balaban J connectivity index is 1.50. The largest absolute Gasteiger partial charge is 0.492 e. The van der Waals surface area contributed by atoms with Gasteiger partial charge in [0.05, 0.1) is 23.1 Å². The minimum Gasteiger partial charge on any atom is -0.492 e. The van der Waals surface area contributed by atoms with E-state index in [1.54, 1.807) is 0 Å². The molecule has 156 valence electrons. The summed E-state index contributed by atoms with van der Waals surface area (Å²) in [4.78, 5) is 9.91. The lowest BCUT2D eigenvalue weighted by atomic mass is 9.87. The second-order valence-electron chi connectivity index (χ2n) is 9.13. The molecule has 0 bridgehead atoms. The first-order valence-corrected chi connectivity index (χ1v) is 10.8. The van der Waals surface area contributed by atoms with Gasteiger partial charge in [0, 0.05) is 5.39 Å². The fourth-order valence-corrected chi connectivity index (χ4v) is 4.20. The molecule has 31 heavy (non-hydrogen) atoms. The molecule has 4 nitrogen and oxygen atoms in total. The van der Waals surface area contributed by atoms with Gasteiger partial charge in [-0.15, -0.1) is 0 Å². The number of aromatic nitrogens is 3. The Morgan fingerprint density at radius 1 is 0.839 bits per heavy atom. The molecule has 0 unspecified atom stereocenters. The number of para-hydroxylation sites is 3. The van der Waals surface area contributed by atoms with Crippen LogP contribution < -0.4 is 4.74 Å². The molecule has 0 aliphatic heterocycles. The summed E-state index contributed by atoms with van der Waals surface area (Å²) in [7, 11) is 0. The molecule has 2 aromatic heterocycles. The SMILES string of the molecule is Cc1cccc2c3nc4ccccc4nc3n(CCOc3ccc(C(C)(C)C)cc3)c12. The molecule has 0 aliphatic carbocycles. The third-order valence-corrected chi connectivity index (χ3v) is 5.87. The van der Waals surface area contributed by atoms with Crippen molar-refractivity contribution in [2.24, 2.45) is 0 Å². The monoisotopic (exact) mass is 409 g/mol. The van der Waals surface area contributed by atoms with Crippen LogP contribution in [0.5, 0.6) is 5.75 Å². The van der Waals surface area contributed by atoms with Gasteiger partial charge in [-0.25, -0.2) is 9.97 Å². The van der Waals surface area contributed by atoms with Gasteiger partial charge in [-0.05, 0) is 47.7 Å². The Morgan fingerprint density at radius 3 is 2.26 bits per heavy atom. The number of hydrogen-bond acceptors (Lipinski definition) is 3. The van der Waals surface area contributed by atoms with Crippen LogP contribution in [-0.4, -0.2) is 21.1 Å². The molecule has 0 spiro atoms. The average molecular weight is 410 g/mol. The first-order chi connectivity index (χ1) is 14.9. The van der Waals surface area contributed by atoms with E-state index in [4.69, 9.17) is 14.7 Å². The van der Waals surface area contributed by atoms with Gasteiger partial charge in [0.2, 0.25) is 0 Å². The zero-order valence-electron chi connectivity index (χ0n) is 18.5. The van der Waals surface area contributed by atoms with Gasteiger partial charge < -0.3 is 9.30 Å². The number of nitrogens with zero attached hydrogens (tertiary/aromatic N) is 3. The third kappa shape index (κ3) is 3.52. The van der Waals surface area contributed by atoms with Gasteiger partial charge in [0.1, 0.15) is 17.9 Å². The highest BCUT2D eigenvalue weighted by Crippen LogP contribution is 2.30. The van der Waals surface area contributed by atoms with Crippen LogP contribution in [-0.2, 0) is 12.0 Å². The van der Waals surface area contributed by atoms with Gasteiger partial charge in [0.15, 0.2) is 5.65 Å². The molecule has 5 rings (SSSR count). The van der Waals surface area contributed by atoms with E-state index < -0.39 is 0 Å². The summed E-state index contributed by atoms with van der Waals surface area (Å²) in [6.45, 7) is 10.1. The molecule has 4 heteroatoms. The predicted molar refractivity (Wildman–Crippen MR) is 128 cm³/mol. The molecule has 3 aromatic carbocycles. The normalized spacial score (nSPS) is 12.1. The minimum absolute atomic E-state index is 0.139. The van der Waals surface area contributed by atoms with Crippen LogP contribution in [0.2, 0.25) is 0 Å². The predicted octanol–water partition coefficient (Wildman–Crippen LogP) is 6.42. The van der Waals surface area contributed by atoms with E-state index >= 15 is 0 Å². The highest BCUT2D eigenvalue weighted by molar-refractivity contribution is 6.07. The zero-order valence-corrected chi connectivity index (χ0v) is 18.5. The van der Waals surface area contributed by atoms with Crippen molar-refractivity contribution in [3.63, 3.8) is 0 Å². The van der Waals surface area contributed by atoms with Crippen molar-refractivity contribution in [1.29, 1.82) is 0 Å². The number of benzene rings is 3. The van der Waals surface area contributed by atoms with Crippen LogP contribution in [0.3, 0.4) is 0 Å². The van der Waals surface area contributed by atoms with Gasteiger partial charge >= 0.3 is 0 Å². The summed E-state index contributed by atoms with van der Waals surface area (Å²) >= 11 is 0. The van der Waals surface area contributed by atoms with E-state index in [1.165, 1.54) is 16.6 Å². The topological polar surface area (TPSA) is 39.9 Å². The summed E-state index contributed by atoms with van der Waals surface area (Å²) in [5.41, 5.74) is 7.54. The number of fused-ring (bicyclic) bond motifs is 4. The van der Waals surface area contributed by atoms with Crippen molar-refractivity contribution < 1.29 is 4.74 Å². The van der Waals surface area contributed by atoms with Gasteiger partial charge in [-0.3, -0.25) is 0 Å². The summed E-state index contributed by atoms with van der Waals surface area (Å²) < 4.78 is 8.36. The van der Waals surface area contributed by atoms with Crippen molar-refractivity contribution in [3.8, 4) is 5.75 Å². The summed E-state index contributed by atoms with van der Waals surface area (Å²) in [5.74, 6) is 0.891. The van der Waals surface area contributed by atoms with Crippen molar-refractivity contribution in [1.82, 2.24) is 14.5 Å². The van der Waals surface area contributed by atoms with E-state index in [2.05, 4.69) is 74.7 Å². The van der Waals surface area contributed by atoms with Crippen LogP contribution in [0.25, 0.3) is 33.1 Å². The molecule has 0 amide bonds. The highest BCUT2D eigenvalue weighted by atomic mass is 16.5. The van der Waals surface area contributed by atoms with Crippen molar-refractivity contribution in [2.75, 3.05) is 6.61 Å². The molecule has 0 radical (unpaired) electrons. The quantitative estimate of drug-likeness (QED) is 0.344. The lowest BCUT2D eigenvalue weighted by molar-refractivity contribution is 0.301. The lowest BCUT2D eigenvalue weighted by Gasteiger charge is -2.19. The molecular formula is C27H27N3O. The lowest BCUT2D eigenvalue weighted by Crippen LogP contribution is -2.11. The Kier molecular flexibility index (Phi) is 4.66. The molecule has 0 saturated carbocycles. The summed E-state index contributed by atoms with van der Waals surface area (Å²) in [6.07, 6.45) is 0. The van der Waals surface area contributed by atoms with Crippen LogP contribution in [0, 0.1) is 6.92 Å². The van der Waals surface area contributed by atoms with E-state index in [1.807, 2.05) is 24.3 Å². The van der Waals surface area contributed by atoms with E-state index in [-0.39, 0.29) is 5.41 Å². The minimum atomic E-state index is 0.139. The maximum atomic E-state index is 6.10. The van der Waals surface area contributed by atoms with Gasteiger partial charge in [-0.2, -0.15) is 0 Å². The standard InChI is InChI=1S/C27H27N3O/c1-18-8-7-9-21-24-26(29-23-11-6-5-10-22(23)28-24)30(25(18)21)16-17-31-20-14-12-19(13-15-20)27(2,3)4/h5-15H,16-17H2,1-4H3. The smallest absolute Gasteiger partial charge is 0.160 e. The summed E-state index contributed by atoms with van der Waals surface area (Å²) in [6, 6.07) is 22.8. The Morgan fingerprint density at radius 2 is 1.55 bits per heavy atom. The van der Waals surface area contributed by atoms with Crippen LogP contribution >= 0.6 is 0 Å². The Labute approximate surface area is 182 Å². The van der Waals surface area contributed by atoms with Crippen LogP contribution in [0.4, 0.5) is 0 Å². The van der Waals surface area contributed by atoms with Gasteiger partial charge in [-0.1, -0.05) is 63.2 Å². The molecule has 0 fully saturated rings. The zero-order chi connectivity index (χ0) is 21.6. The molecule has 5 aromatic rings. The average Bonchev–Trinajstić information content (AvgIpc) is 3.06. The second kappa shape index (κ2) is 7.38. The maximum absolute atomic E-state index is 6.10. The van der Waals surface area contributed by atoms with Crippen molar-refractivity contribution in [2.45, 2.75) is 39.7 Å². The first-order valence-electron chi connectivity index (χ1n) is 10.8. The van der Waals surface area contributed by atoms with Gasteiger partial charge in [0.25, 0.3) is 0 Å². The highest BCUT2D eigenvalue weighted by Gasteiger charge is 2.16. The van der Waals surface area contributed by atoms with Crippen molar-refractivity contribution in [3.05, 3.63) is 77.9 Å². The van der Waals surface area contributed by atoms with Crippen molar-refractivity contribution >= 4 is 33.1 Å².